The number of phenols is 1. The molecular formula is C12H15ClFNO2. The molecule has 0 amide bonds. The SMILES string of the molecule is COc1c(O)c(C2(C)CCCN2)cc(Cl)c1F. The molecule has 1 saturated heterocycles. The van der Waals surface area contributed by atoms with Gasteiger partial charge >= 0.3 is 0 Å². The van der Waals surface area contributed by atoms with Crippen molar-refractivity contribution in [1.82, 2.24) is 5.32 Å². The number of rotatable bonds is 2. The van der Waals surface area contributed by atoms with Crippen LogP contribution in [-0.4, -0.2) is 18.8 Å². The molecule has 5 heteroatoms. The molecule has 1 aromatic rings. The number of nitrogens with one attached hydrogen (secondary N) is 1. The molecule has 94 valence electrons. The first-order valence-electron chi connectivity index (χ1n) is 5.50. The Bertz CT molecular complexity index is 445. The van der Waals surface area contributed by atoms with Gasteiger partial charge in [-0.25, -0.2) is 4.39 Å². The average molecular weight is 260 g/mol. The summed E-state index contributed by atoms with van der Waals surface area (Å²) in [7, 11) is 1.31. The lowest BCUT2D eigenvalue weighted by Gasteiger charge is -2.27. The number of hydrogen-bond donors (Lipinski definition) is 2. The van der Waals surface area contributed by atoms with Gasteiger partial charge < -0.3 is 15.2 Å². The number of benzene rings is 1. The van der Waals surface area contributed by atoms with E-state index in [4.69, 9.17) is 16.3 Å². The molecule has 1 heterocycles. The summed E-state index contributed by atoms with van der Waals surface area (Å²) in [6, 6.07) is 1.47. The quantitative estimate of drug-likeness (QED) is 0.858. The number of phenolic OH excluding ortho intramolecular Hbond substituents is 1. The van der Waals surface area contributed by atoms with Crippen molar-refractivity contribution in [3.63, 3.8) is 0 Å². The molecule has 1 fully saturated rings. The molecule has 2 N–H and O–H groups in total. The van der Waals surface area contributed by atoms with Gasteiger partial charge in [-0.3, -0.25) is 0 Å². The van der Waals surface area contributed by atoms with Crippen LogP contribution in [0.15, 0.2) is 6.07 Å². The van der Waals surface area contributed by atoms with E-state index in [0.717, 1.165) is 19.4 Å². The smallest absolute Gasteiger partial charge is 0.198 e. The van der Waals surface area contributed by atoms with Gasteiger partial charge in [0.1, 0.15) is 0 Å². The fourth-order valence-corrected chi connectivity index (χ4v) is 2.52. The van der Waals surface area contributed by atoms with Gasteiger partial charge in [0.15, 0.2) is 17.3 Å². The lowest BCUT2D eigenvalue weighted by atomic mass is 9.89. The molecule has 17 heavy (non-hydrogen) atoms. The monoisotopic (exact) mass is 259 g/mol. The van der Waals surface area contributed by atoms with Gasteiger partial charge in [0.25, 0.3) is 0 Å². The maximum absolute atomic E-state index is 13.6. The molecule has 0 spiro atoms. The van der Waals surface area contributed by atoms with Gasteiger partial charge in [-0.2, -0.15) is 0 Å². The van der Waals surface area contributed by atoms with Crippen molar-refractivity contribution in [3.8, 4) is 11.5 Å². The molecule has 1 aliphatic rings. The molecule has 1 atom stereocenters. The van der Waals surface area contributed by atoms with Crippen LogP contribution in [0.4, 0.5) is 4.39 Å². The topological polar surface area (TPSA) is 41.5 Å². The maximum atomic E-state index is 13.6. The highest BCUT2D eigenvalue weighted by atomic mass is 35.5. The van der Waals surface area contributed by atoms with E-state index in [9.17, 15) is 9.50 Å². The third-order valence-electron chi connectivity index (χ3n) is 3.32. The molecule has 2 rings (SSSR count). The summed E-state index contributed by atoms with van der Waals surface area (Å²) < 4.78 is 18.5. The van der Waals surface area contributed by atoms with Crippen LogP contribution in [0.1, 0.15) is 25.3 Å². The fraction of sp³-hybridized carbons (Fsp3) is 0.500. The summed E-state index contributed by atoms with van der Waals surface area (Å²) in [5, 5.41) is 13.3. The van der Waals surface area contributed by atoms with E-state index < -0.39 is 5.82 Å². The molecule has 0 bridgehead atoms. The van der Waals surface area contributed by atoms with Crippen LogP contribution >= 0.6 is 11.6 Å². The number of aromatic hydroxyl groups is 1. The van der Waals surface area contributed by atoms with E-state index in [0.29, 0.717) is 5.56 Å². The molecule has 0 saturated carbocycles. The molecule has 0 aliphatic carbocycles. The number of methoxy groups -OCH3 is 1. The summed E-state index contributed by atoms with van der Waals surface area (Å²) in [4.78, 5) is 0. The number of ether oxygens (including phenoxy) is 1. The normalized spacial score (nSPS) is 24.0. The molecule has 3 nitrogen and oxygen atoms in total. The molecule has 0 radical (unpaired) electrons. The summed E-state index contributed by atoms with van der Waals surface area (Å²) in [5.74, 6) is -1.09. The lowest BCUT2D eigenvalue weighted by molar-refractivity contribution is 0.334. The Labute approximate surface area is 105 Å². The maximum Gasteiger partial charge on any atom is 0.198 e. The number of halogens is 2. The van der Waals surface area contributed by atoms with Crippen LogP contribution in [-0.2, 0) is 5.54 Å². The Morgan fingerprint density at radius 3 is 2.82 bits per heavy atom. The highest BCUT2D eigenvalue weighted by Crippen LogP contribution is 2.44. The first kappa shape index (κ1) is 12.5. The van der Waals surface area contributed by atoms with Crippen LogP contribution < -0.4 is 10.1 Å². The Morgan fingerprint density at radius 1 is 1.59 bits per heavy atom. The second kappa shape index (κ2) is 4.35. The molecule has 1 aliphatic heterocycles. The minimum Gasteiger partial charge on any atom is -0.504 e. The van der Waals surface area contributed by atoms with Gasteiger partial charge in [-0.15, -0.1) is 0 Å². The zero-order valence-electron chi connectivity index (χ0n) is 9.81. The zero-order chi connectivity index (χ0) is 12.6. The van der Waals surface area contributed by atoms with Gasteiger partial charge in [0.05, 0.1) is 12.1 Å². The predicted molar refractivity (Wildman–Crippen MR) is 64.2 cm³/mol. The van der Waals surface area contributed by atoms with Crippen molar-refractivity contribution in [2.24, 2.45) is 0 Å². The molecule has 1 aromatic carbocycles. The Morgan fingerprint density at radius 2 is 2.29 bits per heavy atom. The number of hydrogen-bond acceptors (Lipinski definition) is 3. The van der Waals surface area contributed by atoms with E-state index in [-0.39, 0.29) is 22.1 Å². The van der Waals surface area contributed by atoms with Crippen molar-refractivity contribution in [2.75, 3.05) is 13.7 Å². The fourth-order valence-electron chi connectivity index (χ4n) is 2.32. The second-order valence-electron chi connectivity index (χ2n) is 4.46. The second-order valence-corrected chi connectivity index (χ2v) is 4.87. The van der Waals surface area contributed by atoms with Gasteiger partial charge in [-0.1, -0.05) is 11.6 Å². The van der Waals surface area contributed by atoms with Crippen molar-refractivity contribution in [3.05, 3.63) is 22.5 Å². The van der Waals surface area contributed by atoms with Crippen LogP contribution in [0.25, 0.3) is 0 Å². The van der Waals surface area contributed by atoms with Crippen LogP contribution in [0.2, 0.25) is 5.02 Å². The van der Waals surface area contributed by atoms with Crippen molar-refractivity contribution >= 4 is 11.6 Å². The van der Waals surface area contributed by atoms with Crippen LogP contribution in [0.5, 0.6) is 11.5 Å². The summed E-state index contributed by atoms with van der Waals surface area (Å²) >= 11 is 5.82. The van der Waals surface area contributed by atoms with Gasteiger partial charge in [-0.05, 0) is 32.4 Å². The largest absolute Gasteiger partial charge is 0.504 e. The highest BCUT2D eigenvalue weighted by Gasteiger charge is 2.35. The lowest BCUT2D eigenvalue weighted by Crippen LogP contribution is -2.33. The zero-order valence-corrected chi connectivity index (χ0v) is 10.6. The van der Waals surface area contributed by atoms with E-state index in [1.807, 2.05) is 6.92 Å². The molecule has 0 aromatic heterocycles. The standard InChI is InChI=1S/C12H15ClFNO2/c1-12(4-3-5-15-12)7-6-8(13)9(14)11(17-2)10(7)16/h6,15-16H,3-5H2,1-2H3. The van der Waals surface area contributed by atoms with Crippen molar-refractivity contribution in [1.29, 1.82) is 0 Å². The van der Waals surface area contributed by atoms with Crippen LogP contribution in [0, 0.1) is 5.82 Å². The Balaban J connectivity index is 2.58. The van der Waals surface area contributed by atoms with Gasteiger partial charge in [0, 0.05) is 11.1 Å². The van der Waals surface area contributed by atoms with Gasteiger partial charge in [0.2, 0.25) is 0 Å². The van der Waals surface area contributed by atoms with Crippen molar-refractivity contribution < 1.29 is 14.2 Å². The minimum absolute atomic E-state index is 0.0374. The van der Waals surface area contributed by atoms with E-state index in [2.05, 4.69) is 5.32 Å². The predicted octanol–water partition coefficient (Wildman–Crippen LogP) is 2.79. The third-order valence-corrected chi connectivity index (χ3v) is 3.59. The van der Waals surface area contributed by atoms with E-state index >= 15 is 0 Å². The van der Waals surface area contributed by atoms with E-state index in [1.165, 1.54) is 13.2 Å². The molecule has 1 unspecified atom stereocenters. The minimum atomic E-state index is -0.725. The first-order chi connectivity index (χ1) is 7.99. The van der Waals surface area contributed by atoms with Crippen LogP contribution in [0.3, 0.4) is 0 Å². The first-order valence-corrected chi connectivity index (χ1v) is 5.88. The average Bonchev–Trinajstić information content (AvgIpc) is 2.72. The Hall–Kier alpha value is -1.00. The summed E-state index contributed by atoms with van der Waals surface area (Å²) in [6.07, 6.45) is 1.87. The summed E-state index contributed by atoms with van der Waals surface area (Å²) in [5.41, 5.74) is 0.201. The van der Waals surface area contributed by atoms with E-state index in [1.54, 1.807) is 0 Å². The molecular weight excluding hydrogens is 245 g/mol. The third kappa shape index (κ3) is 1.96. The Kier molecular flexibility index (Phi) is 3.19. The highest BCUT2D eigenvalue weighted by molar-refractivity contribution is 6.31. The summed E-state index contributed by atoms with van der Waals surface area (Å²) in [6.45, 7) is 2.83. The van der Waals surface area contributed by atoms with Crippen molar-refractivity contribution in [2.45, 2.75) is 25.3 Å².